The number of aromatic nitrogens is 4. The number of hydrogen-bond acceptors (Lipinski definition) is 3. The minimum absolute atomic E-state index is 0. The second-order valence-electron chi connectivity index (χ2n) is 18.1. The van der Waals surface area contributed by atoms with Gasteiger partial charge in [-0.15, -0.1) is 22.1 Å². The third kappa shape index (κ3) is 8.27. The molecule has 64 heavy (non-hydrogen) atoms. The summed E-state index contributed by atoms with van der Waals surface area (Å²) < 4.78 is 0. The van der Waals surface area contributed by atoms with Gasteiger partial charge in [0.15, 0.2) is 0 Å². The van der Waals surface area contributed by atoms with Crippen molar-refractivity contribution in [1.82, 2.24) is 19.9 Å². The van der Waals surface area contributed by atoms with E-state index >= 15 is 0 Å². The molecule has 0 amide bonds. The van der Waals surface area contributed by atoms with Crippen molar-refractivity contribution in [1.29, 1.82) is 0 Å². The first-order valence-corrected chi connectivity index (χ1v) is 21.7. The van der Waals surface area contributed by atoms with Gasteiger partial charge in [-0.05, 0) is 185 Å². The minimum Gasteiger partial charge on any atom is -0.657 e. The van der Waals surface area contributed by atoms with E-state index in [4.69, 9.17) is 19.9 Å². The van der Waals surface area contributed by atoms with Crippen LogP contribution < -0.4 is 9.97 Å². The third-order valence-electron chi connectivity index (χ3n) is 12.1. The van der Waals surface area contributed by atoms with Crippen LogP contribution in [-0.2, 0) is 19.5 Å². The number of benzene rings is 4. The van der Waals surface area contributed by atoms with E-state index in [0.29, 0.717) is 0 Å². The average Bonchev–Trinajstić information content (AvgIpc) is 4.04. The van der Waals surface area contributed by atoms with Crippen molar-refractivity contribution in [3.8, 4) is 56.3 Å². The minimum atomic E-state index is -1.10. The van der Waals surface area contributed by atoms with Crippen LogP contribution in [0.2, 0.25) is 0 Å². The van der Waals surface area contributed by atoms with Crippen molar-refractivity contribution in [2.75, 3.05) is 0 Å². The zero-order valence-electron chi connectivity index (χ0n) is 38.8. The molecule has 7 aromatic rings. The van der Waals surface area contributed by atoms with Gasteiger partial charge < -0.3 is 15.1 Å². The van der Waals surface area contributed by atoms with Gasteiger partial charge in [-0.3, -0.25) is 0 Å². The van der Waals surface area contributed by atoms with Gasteiger partial charge in [-0.25, -0.2) is 9.97 Å². The van der Waals surface area contributed by atoms with Crippen LogP contribution in [0.25, 0.3) is 90.9 Å². The molecule has 2 aliphatic rings. The van der Waals surface area contributed by atoms with E-state index < -0.39 is 5.60 Å². The maximum atomic E-state index is 10.3. The summed E-state index contributed by atoms with van der Waals surface area (Å²) in [6, 6.07) is 30.2. The maximum absolute atomic E-state index is 10.3. The number of fused-ring (bicyclic) bond motifs is 8. The first-order valence-electron chi connectivity index (χ1n) is 21.7. The molecule has 0 saturated heterocycles. The first-order chi connectivity index (χ1) is 30.0. The van der Waals surface area contributed by atoms with Crippen LogP contribution in [0.5, 0.6) is 0 Å². The molecule has 312 valence electrons. The van der Waals surface area contributed by atoms with Crippen molar-refractivity contribution >= 4 is 46.4 Å². The summed E-state index contributed by atoms with van der Waals surface area (Å²) in [4.78, 5) is 22.2. The van der Waals surface area contributed by atoms with Gasteiger partial charge >= 0.3 is 19.5 Å². The number of aliphatic hydroxyl groups is 1. The second-order valence-corrected chi connectivity index (χ2v) is 18.1. The number of aryl methyl sites for hydroxylation is 9. The Morgan fingerprint density at radius 2 is 0.734 bits per heavy atom. The normalized spacial score (nSPS) is 12.0. The van der Waals surface area contributed by atoms with Crippen LogP contribution in [0, 0.1) is 74.2 Å². The van der Waals surface area contributed by atoms with Crippen molar-refractivity contribution in [3.05, 3.63) is 163 Å². The third-order valence-corrected chi connectivity index (χ3v) is 12.1. The molecule has 5 nitrogen and oxygen atoms in total. The molecule has 0 saturated carbocycles. The van der Waals surface area contributed by atoms with E-state index in [1.807, 2.05) is 12.1 Å². The molecule has 8 bridgehead atoms. The van der Waals surface area contributed by atoms with Crippen molar-refractivity contribution in [3.63, 3.8) is 0 Å². The molecule has 0 aliphatic carbocycles. The Morgan fingerprint density at radius 1 is 0.422 bits per heavy atom. The van der Waals surface area contributed by atoms with Crippen LogP contribution in [0.1, 0.15) is 92.3 Å². The van der Waals surface area contributed by atoms with E-state index in [-0.39, 0.29) is 19.5 Å². The molecule has 3 aromatic heterocycles. The molecule has 0 fully saturated rings. The SMILES string of the molecule is Cc1cc(C)c(-c2c3nc([13c](-c4ccc(C#CC(C)(C)O)cc4)c4nc(c(-c5c(C)cc(C)cc5C)c5ccc([n-]5)c(-c5c(C)cc(C)cc5C)c5ccc2[n-]5)C=C4)C=C3)c(C)c1.[Zn+2]. The van der Waals surface area contributed by atoms with Gasteiger partial charge in [0.05, 0.1) is 22.8 Å². The van der Waals surface area contributed by atoms with Crippen molar-refractivity contribution in [2.24, 2.45) is 0 Å². The fourth-order valence-electron chi connectivity index (χ4n) is 9.82. The van der Waals surface area contributed by atoms with E-state index in [1.54, 1.807) is 13.8 Å². The van der Waals surface area contributed by atoms with Gasteiger partial charge in [0.1, 0.15) is 5.60 Å². The summed E-state index contributed by atoms with van der Waals surface area (Å²) in [5.74, 6) is 6.08. The van der Waals surface area contributed by atoms with E-state index in [0.717, 1.165) is 94.9 Å². The number of nitrogens with zero attached hydrogens (tertiary/aromatic N) is 4. The molecule has 1 N–H and O–H groups in total. The zero-order chi connectivity index (χ0) is 44.5. The van der Waals surface area contributed by atoms with Gasteiger partial charge in [-0.1, -0.05) is 101 Å². The largest absolute Gasteiger partial charge is 2.00 e. The molecular formula is C58H52N4OZn. The smallest absolute Gasteiger partial charge is 0.657 e. The Bertz CT molecular complexity index is 3130. The maximum Gasteiger partial charge on any atom is 2.00 e. The fraction of sp³-hybridized carbons (Fsp3) is 0.207. The molecule has 4 aromatic carbocycles. The monoisotopic (exact) mass is 885 g/mol. The molecular weight excluding hydrogens is 835 g/mol. The Kier molecular flexibility index (Phi) is 11.7. The summed E-state index contributed by atoms with van der Waals surface area (Å²) in [6.45, 7) is 22.9. The zero-order valence-corrected chi connectivity index (χ0v) is 41.8. The fourth-order valence-corrected chi connectivity index (χ4v) is 9.82. The van der Waals surface area contributed by atoms with Crippen LogP contribution in [0.3, 0.4) is 0 Å². The summed E-state index contributed by atoms with van der Waals surface area (Å²) in [6.07, 6.45) is 8.48. The van der Waals surface area contributed by atoms with Gasteiger partial charge in [0.2, 0.25) is 0 Å². The Morgan fingerprint density at radius 3 is 1.08 bits per heavy atom. The molecule has 0 atom stereocenters. The molecule has 2 aliphatic heterocycles. The first kappa shape index (κ1) is 44.2. The van der Waals surface area contributed by atoms with Gasteiger partial charge in [-0.2, -0.15) is 0 Å². The van der Waals surface area contributed by atoms with E-state index in [1.165, 1.54) is 50.1 Å². The van der Waals surface area contributed by atoms with Crippen molar-refractivity contribution < 1.29 is 24.6 Å². The Balaban J connectivity index is 0.00000560. The molecule has 6 heteroatoms. The molecule has 0 unspecified atom stereocenters. The molecule has 9 rings (SSSR count). The van der Waals surface area contributed by atoms with E-state index in [9.17, 15) is 5.11 Å². The van der Waals surface area contributed by atoms with E-state index in [2.05, 4.69) is 171 Å². The number of hydrogen-bond donors (Lipinski definition) is 1. The average molecular weight is 887 g/mol. The summed E-state index contributed by atoms with van der Waals surface area (Å²) in [5.41, 5.74) is 25.3. The van der Waals surface area contributed by atoms with Crippen LogP contribution in [0.15, 0.2) is 84.9 Å². The van der Waals surface area contributed by atoms with Crippen LogP contribution >= 0.6 is 0 Å². The summed E-state index contributed by atoms with van der Waals surface area (Å²) in [5, 5.41) is 10.3. The predicted octanol–water partition coefficient (Wildman–Crippen LogP) is 13.5. The molecule has 5 heterocycles. The topological polar surface area (TPSA) is 74.2 Å². The molecule has 0 spiro atoms. The quantitative estimate of drug-likeness (QED) is 0.141. The number of rotatable bonds is 4. The van der Waals surface area contributed by atoms with Crippen molar-refractivity contribution in [2.45, 2.75) is 81.8 Å². The van der Waals surface area contributed by atoms with Crippen LogP contribution in [0.4, 0.5) is 0 Å². The summed E-state index contributed by atoms with van der Waals surface area (Å²) in [7, 11) is 0. The van der Waals surface area contributed by atoms with Gasteiger partial charge in [0, 0.05) is 11.1 Å². The molecule has 0 radical (unpaired) electrons. The van der Waals surface area contributed by atoms with Gasteiger partial charge in [0.25, 0.3) is 0 Å². The summed E-state index contributed by atoms with van der Waals surface area (Å²) >= 11 is 0. The Labute approximate surface area is 390 Å². The second kappa shape index (κ2) is 17.0. The standard InChI is InChI=1S/C58H52N4O.Zn/c1-32-26-35(4)51(36(5)27-32)55-45-18-16-43(59-45)54(42-14-12-41(13-15-42)24-25-58(10,11)63)44-17-19-46(60-44)56(52-37(6)28-33(2)29-38(52)7)48-21-23-50(62-48)57(49-22-20-47(55)61-49)53-39(8)30-34(3)31-40(53)9;/h12-23,26-31,63H,1-11H3;/q-2;+2/i54+1;. The Hall–Kier alpha value is -6.38. The predicted molar refractivity (Wildman–Crippen MR) is 264 cm³/mol. The van der Waals surface area contributed by atoms with Crippen LogP contribution in [-0.4, -0.2) is 20.7 Å².